The molecular formula is C13H13Br2N3. The molecule has 94 valence electrons. The van der Waals surface area contributed by atoms with Gasteiger partial charge in [-0.3, -0.25) is 9.97 Å². The van der Waals surface area contributed by atoms with E-state index in [1.165, 1.54) is 0 Å². The van der Waals surface area contributed by atoms with Crippen LogP contribution >= 0.6 is 31.9 Å². The Morgan fingerprint density at radius 3 is 2.61 bits per heavy atom. The molecular weight excluding hydrogens is 358 g/mol. The van der Waals surface area contributed by atoms with Crippen molar-refractivity contribution in [3.63, 3.8) is 0 Å². The lowest BCUT2D eigenvalue weighted by molar-refractivity contribution is 0.582. The fourth-order valence-electron chi connectivity index (χ4n) is 1.74. The predicted molar refractivity (Wildman–Crippen MR) is 79.4 cm³/mol. The van der Waals surface area contributed by atoms with Gasteiger partial charge in [0, 0.05) is 45.7 Å². The van der Waals surface area contributed by atoms with Crippen molar-refractivity contribution in [2.75, 3.05) is 7.05 Å². The summed E-state index contributed by atoms with van der Waals surface area (Å²) in [6.45, 7) is 0. The Morgan fingerprint density at radius 1 is 1.17 bits per heavy atom. The fraction of sp³-hybridized carbons (Fsp3) is 0.231. The Balaban J connectivity index is 2.17. The highest BCUT2D eigenvalue weighted by Crippen LogP contribution is 2.20. The van der Waals surface area contributed by atoms with Crippen LogP contribution in [0.5, 0.6) is 0 Å². The molecule has 0 saturated heterocycles. The van der Waals surface area contributed by atoms with E-state index in [-0.39, 0.29) is 6.04 Å². The number of nitrogens with zero attached hydrogens (tertiary/aromatic N) is 2. The molecule has 0 aliphatic carbocycles. The molecule has 0 saturated carbocycles. The molecule has 0 amide bonds. The molecule has 3 nitrogen and oxygen atoms in total. The van der Waals surface area contributed by atoms with Crippen molar-refractivity contribution in [2.24, 2.45) is 0 Å². The van der Waals surface area contributed by atoms with Crippen LogP contribution in [0.4, 0.5) is 0 Å². The van der Waals surface area contributed by atoms with Crippen molar-refractivity contribution < 1.29 is 0 Å². The van der Waals surface area contributed by atoms with Crippen LogP contribution in [-0.4, -0.2) is 17.0 Å². The quantitative estimate of drug-likeness (QED) is 0.894. The first-order chi connectivity index (χ1) is 8.69. The lowest BCUT2D eigenvalue weighted by atomic mass is 10.0. The molecule has 2 aromatic rings. The van der Waals surface area contributed by atoms with Crippen molar-refractivity contribution in [1.82, 2.24) is 15.3 Å². The number of aromatic nitrogens is 2. The second kappa shape index (κ2) is 6.41. The third-order valence-electron chi connectivity index (χ3n) is 2.68. The van der Waals surface area contributed by atoms with Gasteiger partial charge in [-0.2, -0.15) is 0 Å². The topological polar surface area (TPSA) is 37.8 Å². The summed E-state index contributed by atoms with van der Waals surface area (Å²) in [6.07, 6.45) is 6.32. The summed E-state index contributed by atoms with van der Waals surface area (Å²) in [5, 5.41) is 3.30. The summed E-state index contributed by atoms with van der Waals surface area (Å²) in [6, 6.07) is 6.32. The number of rotatable bonds is 4. The van der Waals surface area contributed by atoms with Crippen LogP contribution < -0.4 is 5.32 Å². The molecule has 0 fully saturated rings. The van der Waals surface area contributed by atoms with Gasteiger partial charge in [-0.05, 0) is 62.7 Å². The third-order valence-corrected chi connectivity index (χ3v) is 3.58. The molecule has 0 spiro atoms. The summed E-state index contributed by atoms with van der Waals surface area (Å²) in [5.41, 5.74) is 2.20. The predicted octanol–water partition coefficient (Wildman–Crippen LogP) is 3.50. The van der Waals surface area contributed by atoms with E-state index < -0.39 is 0 Å². The maximum atomic E-state index is 4.39. The van der Waals surface area contributed by atoms with E-state index in [4.69, 9.17) is 0 Å². The number of hydrogen-bond donors (Lipinski definition) is 1. The molecule has 2 rings (SSSR count). The van der Waals surface area contributed by atoms with E-state index in [2.05, 4.69) is 53.2 Å². The molecule has 2 heterocycles. The lowest BCUT2D eigenvalue weighted by Gasteiger charge is -2.16. The second-order valence-corrected chi connectivity index (χ2v) is 5.78. The second-order valence-electron chi connectivity index (χ2n) is 3.95. The van der Waals surface area contributed by atoms with E-state index in [1.54, 1.807) is 6.20 Å². The van der Waals surface area contributed by atoms with Crippen LogP contribution in [0, 0.1) is 0 Å². The van der Waals surface area contributed by atoms with Crippen molar-refractivity contribution >= 4 is 31.9 Å². The molecule has 0 aromatic carbocycles. The molecule has 1 atom stereocenters. The number of hydrogen-bond acceptors (Lipinski definition) is 3. The monoisotopic (exact) mass is 369 g/mol. The fourth-order valence-corrected chi connectivity index (χ4v) is 2.36. The van der Waals surface area contributed by atoms with Crippen LogP contribution in [-0.2, 0) is 6.42 Å². The SMILES string of the molecule is CNC(Cc1ccc(Br)cn1)c1cncc(Br)c1. The number of pyridine rings is 2. The number of halogens is 2. The first kappa shape index (κ1) is 13.6. The lowest BCUT2D eigenvalue weighted by Crippen LogP contribution is -2.19. The van der Waals surface area contributed by atoms with Gasteiger partial charge in [0.05, 0.1) is 0 Å². The summed E-state index contributed by atoms with van der Waals surface area (Å²) in [5.74, 6) is 0. The Labute approximate surface area is 123 Å². The maximum absolute atomic E-state index is 4.39. The van der Waals surface area contributed by atoms with Crippen LogP contribution in [0.3, 0.4) is 0 Å². The van der Waals surface area contributed by atoms with Crippen molar-refractivity contribution in [1.29, 1.82) is 0 Å². The van der Waals surface area contributed by atoms with Gasteiger partial charge in [0.25, 0.3) is 0 Å². The highest BCUT2D eigenvalue weighted by molar-refractivity contribution is 9.10. The largest absolute Gasteiger partial charge is 0.313 e. The molecule has 0 radical (unpaired) electrons. The standard InChI is InChI=1S/C13H13Br2N3/c1-16-13(9-4-11(15)7-17-6-9)5-12-3-2-10(14)8-18-12/h2-4,6-8,13,16H,5H2,1H3. The summed E-state index contributed by atoms with van der Waals surface area (Å²) < 4.78 is 1.99. The van der Waals surface area contributed by atoms with Gasteiger partial charge in [0.2, 0.25) is 0 Å². The van der Waals surface area contributed by atoms with Gasteiger partial charge >= 0.3 is 0 Å². The van der Waals surface area contributed by atoms with Crippen LogP contribution in [0.1, 0.15) is 17.3 Å². The molecule has 5 heteroatoms. The average Bonchev–Trinajstić information content (AvgIpc) is 2.38. The average molecular weight is 371 g/mol. The third kappa shape index (κ3) is 3.60. The normalized spacial score (nSPS) is 12.4. The van der Waals surface area contributed by atoms with Crippen LogP contribution in [0.15, 0.2) is 45.7 Å². The zero-order valence-corrected chi connectivity index (χ0v) is 13.1. The number of nitrogens with one attached hydrogen (secondary N) is 1. The summed E-state index contributed by atoms with van der Waals surface area (Å²) >= 11 is 6.83. The molecule has 1 unspecified atom stereocenters. The minimum Gasteiger partial charge on any atom is -0.313 e. The van der Waals surface area contributed by atoms with E-state index in [1.807, 2.05) is 31.6 Å². The Kier molecular flexibility index (Phi) is 4.86. The van der Waals surface area contributed by atoms with E-state index in [0.717, 1.165) is 26.6 Å². The van der Waals surface area contributed by atoms with Crippen molar-refractivity contribution in [3.05, 3.63) is 57.0 Å². The minimum absolute atomic E-state index is 0.212. The van der Waals surface area contributed by atoms with Gasteiger partial charge in [-0.25, -0.2) is 0 Å². The van der Waals surface area contributed by atoms with Gasteiger partial charge in [-0.15, -0.1) is 0 Å². The molecule has 18 heavy (non-hydrogen) atoms. The van der Waals surface area contributed by atoms with Crippen molar-refractivity contribution in [2.45, 2.75) is 12.5 Å². The van der Waals surface area contributed by atoms with Gasteiger partial charge in [0.15, 0.2) is 0 Å². The summed E-state index contributed by atoms with van der Waals surface area (Å²) in [4.78, 5) is 8.59. The molecule has 1 N–H and O–H groups in total. The van der Waals surface area contributed by atoms with Crippen LogP contribution in [0.2, 0.25) is 0 Å². The number of likely N-dealkylation sites (N-methyl/N-ethyl adjacent to an activating group) is 1. The first-order valence-corrected chi connectivity index (χ1v) is 7.16. The smallest absolute Gasteiger partial charge is 0.0423 e. The summed E-state index contributed by atoms with van der Waals surface area (Å²) in [7, 11) is 1.95. The highest BCUT2D eigenvalue weighted by Gasteiger charge is 2.11. The van der Waals surface area contributed by atoms with E-state index in [0.29, 0.717) is 0 Å². The molecule has 0 bridgehead atoms. The zero-order valence-electron chi connectivity index (χ0n) is 9.90. The molecule has 0 aliphatic rings. The Morgan fingerprint density at radius 2 is 2.00 bits per heavy atom. The van der Waals surface area contributed by atoms with Gasteiger partial charge in [0.1, 0.15) is 0 Å². The van der Waals surface area contributed by atoms with E-state index >= 15 is 0 Å². The van der Waals surface area contributed by atoms with E-state index in [9.17, 15) is 0 Å². The Hall–Kier alpha value is -0.780. The molecule has 0 aliphatic heterocycles. The zero-order chi connectivity index (χ0) is 13.0. The minimum atomic E-state index is 0.212. The van der Waals surface area contributed by atoms with Crippen molar-refractivity contribution in [3.8, 4) is 0 Å². The highest BCUT2D eigenvalue weighted by atomic mass is 79.9. The first-order valence-electron chi connectivity index (χ1n) is 5.57. The van der Waals surface area contributed by atoms with Gasteiger partial charge in [-0.1, -0.05) is 0 Å². The van der Waals surface area contributed by atoms with Crippen LogP contribution in [0.25, 0.3) is 0 Å². The Bertz CT molecular complexity index is 514. The molecule has 2 aromatic heterocycles. The maximum Gasteiger partial charge on any atom is 0.0423 e. The van der Waals surface area contributed by atoms with Gasteiger partial charge < -0.3 is 5.32 Å².